The lowest BCUT2D eigenvalue weighted by molar-refractivity contribution is 0.414. The van der Waals surface area contributed by atoms with E-state index in [0.29, 0.717) is 5.39 Å². The van der Waals surface area contributed by atoms with Crippen molar-refractivity contribution in [3.63, 3.8) is 0 Å². The van der Waals surface area contributed by atoms with Crippen LogP contribution < -0.4 is 15.6 Å². The van der Waals surface area contributed by atoms with Gasteiger partial charge in [-0.15, -0.1) is 0 Å². The van der Waals surface area contributed by atoms with Crippen molar-refractivity contribution in [1.29, 1.82) is 0 Å². The number of nitrogens with zero attached hydrogens (tertiary/aromatic N) is 2. The van der Waals surface area contributed by atoms with Crippen molar-refractivity contribution in [2.75, 3.05) is 13.7 Å². The molecule has 1 heterocycles. The highest BCUT2D eigenvalue weighted by Gasteiger charge is 2.17. The summed E-state index contributed by atoms with van der Waals surface area (Å²) < 4.78 is 6.97. The van der Waals surface area contributed by atoms with Crippen LogP contribution in [0.15, 0.2) is 53.3 Å². The van der Waals surface area contributed by atoms with E-state index >= 15 is 0 Å². The van der Waals surface area contributed by atoms with Gasteiger partial charge in [0.2, 0.25) is 0 Å². The fourth-order valence-electron chi connectivity index (χ4n) is 3.38. The molecule has 0 aliphatic heterocycles. The number of benzene rings is 2. The standard InChI is InChI=1S/C23H29N3O2/c1-4-5-6-9-16-24-17(2)22-25-21-11-8-7-10-20(21)23(27)26(22)18-12-14-19(28-3)15-13-18/h7-8,10-15,17,24H,4-6,9,16H2,1-3H3/t17-/m1/s1. The second-order valence-electron chi connectivity index (χ2n) is 7.06. The molecular weight excluding hydrogens is 350 g/mol. The van der Waals surface area contributed by atoms with Crippen molar-refractivity contribution in [1.82, 2.24) is 14.9 Å². The summed E-state index contributed by atoms with van der Waals surface area (Å²) in [5.41, 5.74) is 1.47. The largest absolute Gasteiger partial charge is 0.497 e. The second-order valence-corrected chi connectivity index (χ2v) is 7.06. The molecule has 3 rings (SSSR count). The minimum absolute atomic E-state index is 0.0407. The number of rotatable bonds is 9. The van der Waals surface area contributed by atoms with E-state index < -0.39 is 0 Å². The molecule has 2 aromatic carbocycles. The molecular formula is C23H29N3O2. The van der Waals surface area contributed by atoms with Crippen molar-refractivity contribution in [3.05, 3.63) is 64.7 Å². The molecule has 0 aliphatic carbocycles. The smallest absolute Gasteiger partial charge is 0.266 e. The average Bonchev–Trinajstić information content (AvgIpc) is 2.73. The van der Waals surface area contributed by atoms with Gasteiger partial charge in [0, 0.05) is 0 Å². The van der Waals surface area contributed by atoms with Crippen LogP contribution in [0, 0.1) is 0 Å². The third-order valence-electron chi connectivity index (χ3n) is 5.00. The summed E-state index contributed by atoms with van der Waals surface area (Å²) in [6.45, 7) is 5.19. The van der Waals surface area contributed by atoms with Gasteiger partial charge in [0.15, 0.2) is 0 Å². The minimum Gasteiger partial charge on any atom is -0.497 e. The molecule has 0 bridgehead atoms. The van der Waals surface area contributed by atoms with Gasteiger partial charge in [-0.05, 0) is 56.3 Å². The zero-order valence-electron chi connectivity index (χ0n) is 16.9. The Morgan fingerprint density at radius 2 is 1.82 bits per heavy atom. The SMILES string of the molecule is CCCCCCN[C@H](C)c1nc2ccccc2c(=O)n1-c1ccc(OC)cc1. The quantitative estimate of drug-likeness (QED) is 0.551. The lowest BCUT2D eigenvalue weighted by Crippen LogP contribution is -2.30. The van der Waals surface area contributed by atoms with E-state index in [0.717, 1.165) is 35.7 Å². The zero-order chi connectivity index (χ0) is 19.9. The molecule has 0 aliphatic rings. The average molecular weight is 380 g/mol. The Labute approximate surface area is 166 Å². The number of nitrogens with one attached hydrogen (secondary N) is 1. The van der Waals surface area contributed by atoms with Crippen LogP contribution in [0.1, 0.15) is 51.4 Å². The highest BCUT2D eigenvalue weighted by Crippen LogP contribution is 2.20. The molecule has 5 nitrogen and oxygen atoms in total. The monoisotopic (exact) mass is 379 g/mol. The third-order valence-corrected chi connectivity index (χ3v) is 5.00. The summed E-state index contributed by atoms with van der Waals surface area (Å²) in [5, 5.41) is 4.16. The van der Waals surface area contributed by atoms with Crippen molar-refractivity contribution < 1.29 is 4.74 Å². The van der Waals surface area contributed by atoms with Crippen LogP contribution in [-0.4, -0.2) is 23.2 Å². The first kappa shape index (κ1) is 20.1. The number of ether oxygens (including phenoxy) is 1. The second kappa shape index (κ2) is 9.51. The molecule has 1 aromatic heterocycles. The molecule has 5 heteroatoms. The van der Waals surface area contributed by atoms with Crippen LogP contribution >= 0.6 is 0 Å². The van der Waals surface area contributed by atoms with Crippen LogP contribution in [-0.2, 0) is 0 Å². The van der Waals surface area contributed by atoms with Crippen LogP contribution in [0.4, 0.5) is 0 Å². The highest BCUT2D eigenvalue weighted by molar-refractivity contribution is 5.77. The lowest BCUT2D eigenvalue weighted by Gasteiger charge is -2.20. The Hall–Kier alpha value is -2.66. The summed E-state index contributed by atoms with van der Waals surface area (Å²) in [6.07, 6.45) is 4.81. The number of hydrogen-bond acceptors (Lipinski definition) is 4. The Balaban J connectivity index is 2.00. The maximum Gasteiger partial charge on any atom is 0.266 e. The number of fused-ring (bicyclic) bond motifs is 1. The molecule has 3 aromatic rings. The lowest BCUT2D eigenvalue weighted by atomic mass is 10.2. The molecule has 0 saturated carbocycles. The molecule has 1 atom stereocenters. The highest BCUT2D eigenvalue weighted by atomic mass is 16.5. The van der Waals surface area contributed by atoms with Gasteiger partial charge in [-0.1, -0.05) is 38.3 Å². The van der Waals surface area contributed by atoms with Crippen LogP contribution in [0.2, 0.25) is 0 Å². The number of aromatic nitrogens is 2. The molecule has 0 saturated heterocycles. The Kier molecular flexibility index (Phi) is 6.82. The van der Waals surface area contributed by atoms with E-state index in [-0.39, 0.29) is 11.6 Å². The number of hydrogen-bond donors (Lipinski definition) is 1. The van der Waals surface area contributed by atoms with Gasteiger partial charge < -0.3 is 10.1 Å². The summed E-state index contributed by atoms with van der Waals surface area (Å²) in [6, 6.07) is 15.0. The molecule has 0 fully saturated rings. The summed E-state index contributed by atoms with van der Waals surface area (Å²) >= 11 is 0. The molecule has 0 unspecified atom stereocenters. The Bertz CT molecular complexity index is 964. The number of methoxy groups -OCH3 is 1. The van der Waals surface area contributed by atoms with Gasteiger partial charge in [0.1, 0.15) is 11.6 Å². The fraction of sp³-hybridized carbons (Fsp3) is 0.391. The molecule has 28 heavy (non-hydrogen) atoms. The van der Waals surface area contributed by atoms with Gasteiger partial charge >= 0.3 is 0 Å². The van der Waals surface area contributed by atoms with Gasteiger partial charge in [0.05, 0.1) is 29.7 Å². The summed E-state index contributed by atoms with van der Waals surface area (Å²) in [4.78, 5) is 18.1. The first-order valence-corrected chi connectivity index (χ1v) is 10.0. The summed E-state index contributed by atoms with van der Waals surface area (Å²) in [5.74, 6) is 1.48. The van der Waals surface area contributed by atoms with Crippen molar-refractivity contribution in [3.8, 4) is 11.4 Å². The maximum absolute atomic E-state index is 13.3. The van der Waals surface area contributed by atoms with Gasteiger partial charge in [0.25, 0.3) is 5.56 Å². The van der Waals surface area contributed by atoms with E-state index in [4.69, 9.17) is 9.72 Å². The zero-order valence-corrected chi connectivity index (χ0v) is 16.9. The van der Waals surface area contributed by atoms with Crippen molar-refractivity contribution in [2.45, 2.75) is 45.6 Å². The third kappa shape index (κ3) is 4.42. The predicted octanol–water partition coefficient (Wildman–Crippen LogP) is 4.63. The predicted molar refractivity (Wildman–Crippen MR) is 114 cm³/mol. The van der Waals surface area contributed by atoms with Crippen LogP contribution in [0.5, 0.6) is 5.75 Å². The first-order valence-electron chi connectivity index (χ1n) is 10.0. The van der Waals surface area contributed by atoms with Crippen molar-refractivity contribution in [2.24, 2.45) is 0 Å². The number of para-hydroxylation sites is 1. The van der Waals surface area contributed by atoms with Crippen LogP contribution in [0.25, 0.3) is 16.6 Å². The molecule has 0 spiro atoms. The van der Waals surface area contributed by atoms with E-state index in [1.807, 2.05) is 48.5 Å². The van der Waals surface area contributed by atoms with Gasteiger partial charge in [-0.3, -0.25) is 9.36 Å². The van der Waals surface area contributed by atoms with E-state index in [1.165, 1.54) is 19.3 Å². The Morgan fingerprint density at radius 3 is 2.54 bits per heavy atom. The van der Waals surface area contributed by atoms with Gasteiger partial charge in [-0.2, -0.15) is 0 Å². The molecule has 0 radical (unpaired) electrons. The summed E-state index contributed by atoms with van der Waals surface area (Å²) in [7, 11) is 1.63. The number of unbranched alkanes of at least 4 members (excludes halogenated alkanes) is 3. The van der Waals surface area contributed by atoms with E-state index in [9.17, 15) is 4.79 Å². The normalized spacial score (nSPS) is 12.2. The van der Waals surface area contributed by atoms with E-state index in [1.54, 1.807) is 11.7 Å². The topological polar surface area (TPSA) is 56.2 Å². The van der Waals surface area contributed by atoms with Crippen molar-refractivity contribution >= 4 is 10.9 Å². The fourth-order valence-corrected chi connectivity index (χ4v) is 3.38. The Morgan fingerprint density at radius 1 is 1.07 bits per heavy atom. The first-order chi connectivity index (χ1) is 13.7. The molecule has 0 amide bonds. The van der Waals surface area contributed by atoms with Crippen LogP contribution in [0.3, 0.4) is 0 Å². The maximum atomic E-state index is 13.3. The van der Waals surface area contributed by atoms with E-state index in [2.05, 4.69) is 19.2 Å². The van der Waals surface area contributed by atoms with Gasteiger partial charge in [-0.25, -0.2) is 4.98 Å². The minimum atomic E-state index is -0.0506. The molecule has 1 N–H and O–H groups in total. The molecule has 148 valence electrons.